The largest absolute Gasteiger partial charge is 0.489 e. The van der Waals surface area contributed by atoms with Crippen molar-refractivity contribution in [3.63, 3.8) is 0 Å². The predicted octanol–water partition coefficient (Wildman–Crippen LogP) is 4.35. The van der Waals surface area contributed by atoms with Crippen molar-refractivity contribution < 1.29 is 17.9 Å². The normalized spacial score (nSPS) is 11.4. The molecule has 4 rings (SSSR count). The van der Waals surface area contributed by atoms with E-state index in [1.54, 1.807) is 41.0 Å². The summed E-state index contributed by atoms with van der Waals surface area (Å²) in [5, 5.41) is 5.05. The highest BCUT2D eigenvalue weighted by Crippen LogP contribution is 2.19. The van der Waals surface area contributed by atoms with Gasteiger partial charge in [0.25, 0.3) is 5.91 Å². The number of rotatable bonds is 11. The molecule has 11 heteroatoms. The van der Waals surface area contributed by atoms with E-state index in [4.69, 9.17) is 16.3 Å². The maximum Gasteiger partial charge on any atom is 0.351 e. The lowest BCUT2D eigenvalue weighted by Crippen LogP contribution is -2.29. The van der Waals surface area contributed by atoms with Crippen LogP contribution in [0.3, 0.4) is 0 Å². The minimum Gasteiger partial charge on any atom is -0.489 e. The first-order valence-corrected chi connectivity index (χ1v) is 14.7. The third-order valence-corrected chi connectivity index (χ3v) is 6.81. The predicted molar refractivity (Wildman–Crippen MR) is 150 cm³/mol. The molecule has 0 bridgehead atoms. The fourth-order valence-corrected chi connectivity index (χ4v) is 4.59. The fraction of sp³-hybridized carbons (Fsp3) is 0.250. The highest BCUT2D eigenvalue weighted by atomic mass is 35.5. The number of aryl methyl sites for hydroxylation is 1. The van der Waals surface area contributed by atoms with E-state index in [0.717, 1.165) is 30.2 Å². The van der Waals surface area contributed by atoms with E-state index >= 15 is 0 Å². The number of nitrogens with zero attached hydrogens (tertiary/aromatic N) is 3. The van der Waals surface area contributed by atoms with Crippen LogP contribution in [0.25, 0.3) is 5.69 Å². The van der Waals surface area contributed by atoms with Crippen molar-refractivity contribution in [2.45, 2.75) is 39.3 Å². The summed E-state index contributed by atoms with van der Waals surface area (Å²) in [5.41, 5.74) is 2.27. The Balaban J connectivity index is 1.44. The maximum atomic E-state index is 13.3. The van der Waals surface area contributed by atoms with Crippen molar-refractivity contribution in [2.75, 3.05) is 6.26 Å². The molecule has 4 aromatic rings. The number of para-hydroxylation sites is 1. The van der Waals surface area contributed by atoms with Crippen molar-refractivity contribution in [2.24, 2.45) is 0 Å². The lowest BCUT2D eigenvalue weighted by molar-refractivity contribution is 0.0981. The Morgan fingerprint density at radius 1 is 1.00 bits per heavy atom. The van der Waals surface area contributed by atoms with Crippen LogP contribution in [0, 0.1) is 0 Å². The molecule has 3 aromatic carbocycles. The van der Waals surface area contributed by atoms with Gasteiger partial charge in [-0.25, -0.2) is 17.9 Å². The van der Waals surface area contributed by atoms with Crippen molar-refractivity contribution in [3.8, 4) is 11.4 Å². The van der Waals surface area contributed by atoms with E-state index in [1.807, 2.05) is 41.1 Å². The minimum atomic E-state index is -3.63. The van der Waals surface area contributed by atoms with Gasteiger partial charge >= 0.3 is 5.69 Å². The first kappa shape index (κ1) is 28.1. The zero-order chi connectivity index (χ0) is 28.0. The summed E-state index contributed by atoms with van der Waals surface area (Å²) in [6, 6.07) is 21.1. The van der Waals surface area contributed by atoms with Crippen molar-refractivity contribution >= 4 is 27.5 Å². The van der Waals surface area contributed by atoms with Crippen LogP contribution in [0.4, 0.5) is 0 Å². The quantitative estimate of drug-likeness (QED) is 0.288. The summed E-state index contributed by atoms with van der Waals surface area (Å²) in [6.07, 6.45) is 3.50. The van der Waals surface area contributed by atoms with Gasteiger partial charge in [0.1, 0.15) is 18.2 Å². The molecular formula is C28H29ClN4O5S. The molecule has 0 atom stereocenters. The highest BCUT2D eigenvalue weighted by molar-refractivity contribution is 7.89. The Hall–Kier alpha value is -3.89. The van der Waals surface area contributed by atoms with Crippen LogP contribution in [0.5, 0.6) is 5.75 Å². The molecular weight excluding hydrogens is 540 g/mol. The summed E-state index contributed by atoms with van der Waals surface area (Å²) in [6.45, 7) is 2.72. The second-order valence-corrected chi connectivity index (χ2v) is 11.2. The van der Waals surface area contributed by atoms with Gasteiger partial charge in [-0.15, -0.1) is 5.10 Å². The standard InChI is InChI=1S/C28H29ClN4O5S/c1-3-4-9-26-30-33(25-8-6-5-7-24(25)29)28(35)32(26)18-20-12-16-23(17-13-20)38-19-21-10-14-22(15-11-21)27(34)31-39(2,36)37/h5-8,10-17H,3-4,9,18-19H2,1-2H3,(H,31,34). The van der Waals surface area contributed by atoms with Crippen molar-refractivity contribution in [1.29, 1.82) is 0 Å². The lowest BCUT2D eigenvalue weighted by Gasteiger charge is -2.09. The molecule has 0 saturated carbocycles. The SMILES string of the molecule is CCCCc1nn(-c2ccccc2Cl)c(=O)n1Cc1ccc(OCc2ccc(C(=O)NS(C)(=O)=O)cc2)cc1. The number of aromatic nitrogens is 3. The number of nitrogens with one attached hydrogen (secondary N) is 1. The molecule has 0 aliphatic rings. The molecule has 204 valence electrons. The smallest absolute Gasteiger partial charge is 0.351 e. The number of unbranched alkanes of at least 4 members (excludes halogenated alkanes) is 1. The summed E-state index contributed by atoms with van der Waals surface area (Å²) >= 11 is 6.33. The molecule has 0 radical (unpaired) electrons. The average Bonchev–Trinajstić information content (AvgIpc) is 3.21. The Kier molecular flexibility index (Phi) is 8.88. The van der Waals surface area contributed by atoms with Crippen LogP contribution < -0.4 is 15.1 Å². The summed E-state index contributed by atoms with van der Waals surface area (Å²) < 4.78 is 33.3. The third-order valence-electron chi connectivity index (χ3n) is 5.94. The molecule has 9 nitrogen and oxygen atoms in total. The van der Waals surface area contributed by atoms with Gasteiger partial charge in [0.15, 0.2) is 0 Å². The molecule has 1 amide bonds. The second kappa shape index (κ2) is 12.3. The van der Waals surface area contributed by atoms with E-state index in [0.29, 0.717) is 35.2 Å². The molecule has 0 saturated heterocycles. The van der Waals surface area contributed by atoms with Gasteiger partial charge in [-0.3, -0.25) is 9.36 Å². The fourth-order valence-electron chi connectivity index (χ4n) is 3.92. The average molecular weight is 569 g/mol. The number of carbonyl (C=O) groups excluding carboxylic acids is 1. The van der Waals surface area contributed by atoms with Gasteiger partial charge in [0, 0.05) is 12.0 Å². The zero-order valence-electron chi connectivity index (χ0n) is 21.6. The van der Waals surface area contributed by atoms with Crippen LogP contribution in [-0.2, 0) is 29.6 Å². The zero-order valence-corrected chi connectivity index (χ0v) is 23.2. The number of hydrogen-bond donors (Lipinski definition) is 1. The van der Waals surface area contributed by atoms with E-state index in [9.17, 15) is 18.0 Å². The Bertz CT molecular complexity index is 1610. The van der Waals surface area contributed by atoms with Crippen LogP contribution in [0.1, 0.15) is 47.1 Å². The van der Waals surface area contributed by atoms with Gasteiger partial charge in [-0.05, 0) is 53.9 Å². The molecule has 1 heterocycles. The number of ether oxygens (including phenoxy) is 1. The number of hydrogen-bond acceptors (Lipinski definition) is 6. The number of benzene rings is 3. The minimum absolute atomic E-state index is 0.236. The van der Waals surface area contributed by atoms with Crippen LogP contribution in [0.15, 0.2) is 77.6 Å². The van der Waals surface area contributed by atoms with Crippen molar-refractivity contribution in [1.82, 2.24) is 19.1 Å². The first-order valence-electron chi connectivity index (χ1n) is 12.4. The maximum absolute atomic E-state index is 13.3. The van der Waals surface area contributed by atoms with Crippen LogP contribution in [-0.4, -0.2) is 34.9 Å². The molecule has 0 aliphatic carbocycles. The molecule has 0 fully saturated rings. The van der Waals surface area contributed by atoms with Gasteiger partial charge < -0.3 is 4.74 Å². The highest BCUT2D eigenvalue weighted by Gasteiger charge is 2.16. The summed E-state index contributed by atoms with van der Waals surface area (Å²) in [4.78, 5) is 25.2. The van der Waals surface area contributed by atoms with Gasteiger partial charge in [0.2, 0.25) is 10.0 Å². The Morgan fingerprint density at radius 2 is 1.67 bits per heavy atom. The number of carbonyl (C=O) groups is 1. The van der Waals surface area contributed by atoms with Gasteiger partial charge in [-0.1, -0.05) is 61.3 Å². The van der Waals surface area contributed by atoms with E-state index < -0.39 is 15.9 Å². The topological polar surface area (TPSA) is 112 Å². The number of halogens is 1. The number of sulfonamides is 1. The third kappa shape index (κ3) is 7.36. The molecule has 39 heavy (non-hydrogen) atoms. The number of amides is 1. The molecule has 0 spiro atoms. The van der Waals surface area contributed by atoms with E-state index in [-0.39, 0.29) is 17.9 Å². The van der Waals surface area contributed by atoms with Crippen LogP contribution >= 0.6 is 11.6 Å². The second-order valence-electron chi connectivity index (χ2n) is 9.08. The Labute approximate surface area is 232 Å². The van der Waals surface area contributed by atoms with Crippen molar-refractivity contribution in [3.05, 3.63) is 111 Å². The Morgan fingerprint density at radius 3 is 2.31 bits per heavy atom. The van der Waals surface area contributed by atoms with E-state index in [2.05, 4.69) is 12.0 Å². The summed E-state index contributed by atoms with van der Waals surface area (Å²) in [5.74, 6) is 0.661. The van der Waals surface area contributed by atoms with Crippen LogP contribution in [0.2, 0.25) is 5.02 Å². The molecule has 1 aromatic heterocycles. The van der Waals surface area contributed by atoms with Gasteiger partial charge in [-0.2, -0.15) is 4.68 Å². The summed E-state index contributed by atoms with van der Waals surface area (Å²) in [7, 11) is -3.63. The molecule has 0 unspecified atom stereocenters. The molecule has 0 aliphatic heterocycles. The lowest BCUT2D eigenvalue weighted by atomic mass is 10.1. The van der Waals surface area contributed by atoms with Gasteiger partial charge in [0.05, 0.1) is 23.5 Å². The van der Waals surface area contributed by atoms with E-state index in [1.165, 1.54) is 4.68 Å². The first-order chi connectivity index (χ1) is 18.6. The monoisotopic (exact) mass is 568 g/mol. The molecule has 1 N–H and O–H groups in total.